The van der Waals surface area contributed by atoms with E-state index < -0.39 is 0 Å². The van der Waals surface area contributed by atoms with Crippen LogP contribution in [0, 0.1) is 0 Å². The van der Waals surface area contributed by atoms with E-state index in [2.05, 4.69) is 44.0 Å². The lowest BCUT2D eigenvalue weighted by Gasteiger charge is -2.23. The van der Waals surface area contributed by atoms with Gasteiger partial charge in [0.1, 0.15) is 22.5 Å². The number of phenols is 1. The van der Waals surface area contributed by atoms with E-state index in [0.717, 1.165) is 36.1 Å². The second-order valence-electron chi connectivity index (χ2n) is 9.51. The highest BCUT2D eigenvalue weighted by Crippen LogP contribution is 2.36. The van der Waals surface area contributed by atoms with Crippen molar-refractivity contribution in [2.75, 3.05) is 13.2 Å². The summed E-state index contributed by atoms with van der Waals surface area (Å²) < 4.78 is 5.89. The van der Waals surface area contributed by atoms with E-state index in [1.807, 2.05) is 12.1 Å². The fourth-order valence-corrected chi connectivity index (χ4v) is 3.98. The summed E-state index contributed by atoms with van der Waals surface area (Å²) in [6, 6.07) is 9.44. The Morgan fingerprint density at radius 2 is 1.66 bits per heavy atom. The summed E-state index contributed by atoms with van der Waals surface area (Å²) in [6.45, 7) is 9.98. The third kappa shape index (κ3) is 6.46. The van der Waals surface area contributed by atoms with Gasteiger partial charge in [0.2, 0.25) is 0 Å². The van der Waals surface area contributed by atoms with Crippen LogP contribution in [0.15, 0.2) is 30.3 Å². The first kappa shape index (κ1) is 24.5. The lowest BCUT2D eigenvalue weighted by molar-refractivity contribution is 0.132. The molecule has 1 aromatic heterocycles. The van der Waals surface area contributed by atoms with Gasteiger partial charge in [0.25, 0.3) is 0 Å². The molecule has 1 N–H and O–H groups in total. The highest BCUT2D eigenvalue weighted by Gasteiger charge is 2.23. The number of hydrogen-bond acceptors (Lipinski definition) is 4. The molecule has 0 bridgehead atoms. The molecule has 3 rings (SSSR count). The van der Waals surface area contributed by atoms with Gasteiger partial charge in [-0.25, -0.2) is 0 Å². The molecular weight excluding hydrogens is 422 g/mol. The zero-order valence-electron chi connectivity index (χ0n) is 19.8. The van der Waals surface area contributed by atoms with Crippen molar-refractivity contribution in [3.8, 4) is 11.4 Å². The van der Waals surface area contributed by atoms with Crippen molar-refractivity contribution in [3.63, 3.8) is 0 Å². The van der Waals surface area contributed by atoms with Crippen LogP contribution in [0.25, 0.3) is 16.7 Å². The van der Waals surface area contributed by atoms with E-state index in [1.165, 1.54) is 36.9 Å². The lowest BCUT2D eigenvalue weighted by atomic mass is 9.84. The normalized spacial score (nSPS) is 12.0. The molecule has 0 amide bonds. The highest BCUT2D eigenvalue weighted by molar-refractivity contribution is 6.31. The molecule has 0 radical (unpaired) electrons. The number of halogens is 1. The summed E-state index contributed by atoms with van der Waals surface area (Å²) in [5.74, 6) is 0.209. The van der Waals surface area contributed by atoms with Gasteiger partial charge in [0.05, 0.1) is 6.61 Å². The second kappa shape index (κ2) is 11.2. The molecule has 6 heteroatoms. The Morgan fingerprint density at radius 1 is 0.938 bits per heavy atom. The Kier molecular flexibility index (Phi) is 8.55. The minimum atomic E-state index is -0.218. The molecule has 0 fully saturated rings. The molecule has 5 nitrogen and oxygen atoms in total. The SMILES string of the molecule is CCCCCCCCOCCc1cc(-n2nc3ccc(Cl)cc3n2)c(O)c(C(C)(C)C)c1. The van der Waals surface area contributed by atoms with Gasteiger partial charge in [-0.15, -0.1) is 15.0 Å². The van der Waals surface area contributed by atoms with Crippen molar-refractivity contribution in [1.82, 2.24) is 15.0 Å². The smallest absolute Gasteiger partial charge is 0.146 e. The van der Waals surface area contributed by atoms with Gasteiger partial charge in [0, 0.05) is 17.2 Å². The highest BCUT2D eigenvalue weighted by atomic mass is 35.5. The third-order valence-corrected chi connectivity index (χ3v) is 5.93. The molecule has 0 aliphatic rings. The summed E-state index contributed by atoms with van der Waals surface area (Å²) in [7, 11) is 0. The van der Waals surface area contributed by atoms with Gasteiger partial charge in [-0.3, -0.25) is 0 Å². The van der Waals surface area contributed by atoms with Crippen molar-refractivity contribution < 1.29 is 9.84 Å². The van der Waals surface area contributed by atoms with Gasteiger partial charge in [0.15, 0.2) is 0 Å². The zero-order chi connectivity index (χ0) is 23.1. The van der Waals surface area contributed by atoms with E-state index in [0.29, 0.717) is 22.8 Å². The largest absolute Gasteiger partial charge is 0.505 e. The van der Waals surface area contributed by atoms with Crippen molar-refractivity contribution >= 4 is 22.6 Å². The molecule has 174 valence electrons. The predicted molar refractivity (Wildman–Crippen MR) is 132 cm³/mol. The van der Waals surface area contributed by atoms with E-state index in [1.54, 1.807) is 12.1 Å². The van der Waals surface area contributed by atoms with Crippen LogP contribution in [0.2, 0.25) is 5.02 Å². The topological polar surface area (TPSA) is 60.2 Å². The summed E-state index contributed by atoms with van der Waals surface area (Å²) in [6.07, 6.45) is 8.35. The summed E-state index contributed by atoms with van der Waals surface area (Å²) in [5, 5.41) is 20.8. The first-order valence-electron chi connectivity index (χ1n) is 11.8. The maximum absolute atomic E-state index is 11.1. The second-order valence-corrected chi connectivity index (χ2v) is 9.95. The number of nitrogens with zero attached hydrogens (tertiary/aromatic N) is 3. The Balaban J connectivity index is 1.73. The molecule has 3 aromatic rings. The first-order chi connectivity index (χ1) is 15.3. The summed E-state index contributed by atoms with van der Waals surface area (Å²) in [5.41, 5.74) is 3.77. The lowest BCUT2D eigenvalue weighted by Crippen LogP contribution is -2.14. The molecule has 0 aliphatic heterocycles. The van der Waals surface area contributed by atoms with Crippen LogP contribution in [0.1, 0.15) is 77.3 Å². The molecule has 2 aromatic carbocycles. The molecule has 32 heavy (non-hydrogen) atoms. The average Bonchev–Trinajstić information content (AvgIpc) is 3.15. The summed E-state index contributed by atoms with van der Waals surface area (Å²) >= 11 is 6.10. The molecule has 0 spiro atoms. The van der Waals surface area contributed by atoms with Crippen LogP contribution in [0.4, 0.5) is 0 Å². The van der Waals surface area contributed by atoms with E-state index >= 15 is 0 Å². The molecule has 0 aliphatic carbocycles. The van der Waals surface area contributed by atoms with Crippen LogP contribution >= 0.6 is 11.6 Å². The number of aromatic nitrogens is 3. The standard InChI is InChI=1S/C26H36ClN3O2/c1-5-6-7-8-9-10-14-32-15-13-19-16-21(26(2,3)4)25(31)24(17-19)30-28-22-12-11-20(27)18-23(22)29-30/h11-12,16-18,31H,5-10,13-15H2,1-4H3. The van der Waals surface area contributed by atoms with Crippen molar-refractivity contribution in [3.05, 3.63) is 46.5 Å². The number of hydrogen-bond donors (Lipinski definition) is 1. The molecule has 0 saturated carbocycles. The Bertz CT molecular complexity index is 1020. The van der Waals surface area contributed by atoms with Gasteiger partial charge >= 0.3 is 0 Å². The third-order valence-electron chi connectivity index (χ3n) is 5.69. The Labute approximate surface area is 196 Å². The van der Waals surface area contributed by atoms with E-state index in [9.17, 15) is 5.11 Å². The number of phenolic OH excluding ortho intramolecular Hbond substituents is 1. The molecule has 1 heterocycles. The summed E-state index contributed by atoms with van der Waals surface area (Å²) in [4.78, 5) is 1.51. The number of aromatic hydroxyl groups is 1. The number of unbranched alkanes of at least 4 members (excludes halogenated alkanes) is 5. The quantitative estimate of drug-likeness (QED) is 0.315. The van der Waals surface area contributed by atoms with Crippen molar-refractivity contribution in [1.29, 1.82) is 0 Å². The fraction of sp³-hybridized carbons (Fsp3) is 0.538. The Morgan fingerprint density at radius 3 is 2.41 bits per heavy atom. The maximum Gasteiger partial charge on any atom is 0.146 e. The van der Waals surface area contributed by atoms with Gasteiger partial charge in [-0.2, -0.15) is 0 Å². The Hall–Kier alpha value is -2.11. The predicted octanol–water partition coefficient (Wildman–Crippen LogP) is 7.00. The average molecular weight is 458 g/mol. The van der Waals surface area contributed by atoms with Gasteiger partial charge in [-0.1, -0.05) is 77.5 Å². The van der Waals surface area contributed by atoms with Crippen LogP contribution < -0.4 is 0 Å². The number of fused-ring (bicyclic) bond motifs is 1. The van der Waals surface area contributed by atoms with E-state index in [-0.39, 0.29) is 11.2 Å². The molecule has 0 unspecified atom stereocenters. The molecule has 0 saturated heterocycles. The van der Waals surface area contributed by atoms with Crippen LogP contribution in [-0.4, -0.2) is 33.3 Å². The van der Waals surface area contributed by atoms with Crippen molar-refractivity contribution in [2.45, 2.75) is 78.1 Å². The number of ether oxygens (including phenoxy) is 1. The van der Waals surface area contributed by atoms with E-state index in [4.69, 9.17) is 16.3 Å². The molecular formula is C26H36ClN3O2. The fourth-order valence-electron chi connectivity index (χ4n) is 3.82. The maximum atomic E-state index is 11.1. The van der Waals surface area contributed by atoms with Crippen molar-refractivity contribution in [2.24, 2.45) is 0 Å². The van der Waals surface area contributed by atoms with Crippen LogP contribution in [0.3, 0.4) is 0 Å². The monoisotopic (exact) mass is 457 g/mol. The number of benzene rings is 2. The van der Waals surface area contributed by atoms with Gasteiger partial charge in [-0.05, 0) is 48.1 Å². The minimum Gasteiger partial charge on any atom is -0.505 e. The van der Waals surface area contributed by atoms with Crippen LogP contribution in [-0.2, 0) is 16.6 Å². The minimum absolute atomic E-state index is 0.209. The number of rotatable bonds is 11. The first-order valence-corrected chi connectivity index (χ1v) is 12.1. The van der Waals surface area contributed by atoms with Crippen LogP contribution in [0.5, 0.6) is 5.75 Å². The molecule has 0 atom stereocenters. The zero-order valence-corrected chi connectivity index (χ0v) is 20.6. The van der Waals surface area contributed by atoms with Gasteiger partial charge < -0.3 is 9.84 Å².